The molecule has 3 nitrogen and oxygen atoms in total. The first-order chi connectivity index (χ1) is 8.90. The second-order valence-corrected chi connectivity index (χ2v) is 6.28. The van der Waals surface area contributed by atoms with Crippen LogP contribution in [0.4, 0.5) is 4.39 Å². The number of carbonyl (C=O) groups excluding carboxylic acids is 1. The van der Waals surface area contributed by atoms with Gasteiger partial charge in [0.2, 0.25) is 5.91 Å². The first-order valence-electron chi connectivity index (χ1n) is 6.40. The molecule has 19 heavy (non-hydrogen) atoms. The van der Waals surface area contributed by atoms with Crippen LogP contribution in [0.1, 0.15) is 31.9 Å². The molecule has 104 valence electrons. The van der Waals surface area contributed by atoms with E-state index >= 15 is 0 Å². The van der Waals surface area contributed by atoms with Gasteiger partial charge in [0.15, 0.2) is 0 Å². The van der Waals surface area contributed by atoms with E-state index in [-0.39, 0.29) is 23.8 Å². The van der Waals surface area contributed by atoms with Gasteiger partial charge >= 0.3 is 0 Å². The summed E-state index contributed by atoms with van der Waals surface area (Å²) in [6.45, 7) is 4.75. The van der Waals surface area contributed by atoms with Crippen molar-refractivity contribution >= 4 is 21.8 Å². The summed E-state index contributed by atoms with van der Waals surface area (Å²) in [5.74, 6) is 0.0834. The molecule has 1 fully saturated rings. The van der Waals surface area contributed by atoms with Crippen LogP contribution >= 0.6 is 15.9 Å². The first-order valence-corrected chi connectivity index (χ1v) is 7.19. The SMILES string of the molecule is CC(C)CN1C(=O)CC(N)C1c1ccc(Br)c(F)c1. The third-order valence-electron chi connectivity index (χ3n) is 3.32. The number of hydrogen-bond donors (Lipinski definition) is 1. The summed E-state index contributed by atoms with van der Waals surface area (Å²) >= 11 is 3.13. The quantitative estimate of drug-likeness (QED) is 0.927. The van der Waals surface area contributed by atoms with Gasteiger partial charge < -0.3 is 10.6 Å². The van der Waals surface area contributed by atoms with Gasteiger partial charge in [-0.2, -0.15) is 0 Å². The van der Waals surface area contributed by atoms with Crippen LogP contribution in [-0.4, -0.2) is 23.4 Å². The Bertz CT molecular complexity index is 492. The van der Waals surface area contributed by atoms with Gasteiger partial charge in [-0.15, -0.1) is 0 Å². The summed E-state index contributed by atoms with van der Waals surface area (Å²) in [5.41, 5.74) is 6.82. The molecule has 2 N–H and O–H groups in total. The fourth-order valence-corrected chi connectivity index (χ4v) is 2.80. The standard InChI is InChI=1S/C14H18BrFN2O/c1-8(2)7-18-13(19)6-12(17)14(18)9-3-4-10(15)11(16)5-9/h3-5,8,12,14H,6-7,17H2,1-2H3. The molecule has 1 aromatic rings. The summed E-state index contributed by atoms with van der Waals surface area (Å²) in [6.07, 6.45) is 0.328. The molecule has 0 bridgehead atoms. The first kappa shape index (κ1) is 14.5. The van der Waals surface area contributed by atoms with Gasteiger partial charge in [0, 0.05) is 19.0 Å². The minimum atomic E-state index is -0.325. The van der Waals surface area contributed by atoms with Gasteiger partial charge in [0.1, 0.15) is 5.82 Å². The third kappa shape index (κ3) is 2.98. The van der Waals surface area contributed by atoms with Crippen molar-refractivity contribution in [3.8, 4) is 0 Å². The number of halogens is 2. The number of carbonyl (C=O) groups is 1. The summed E-state index contributed by atoms with van der Waals surface area (Å²) in [4.78, 5) is 13.8. The van der Waals surface area contributed by atoms with E-state index in [1.165, 1.54) is 6.07 Å². The molecule has 1 heterocycles. The lowest BCUT2D eigenvalue weighted by Crippen LogP contribution is -2.35. The molecular formula is C14H18BrFN2O. The van der Waals surface area contributed by atoms with E-state index in [9.17, 15) is 9.18 Å². The zero-order chi connectivity index (χ0) is 14.2. The van der Waals surface area contributed by atoms with E-state index in [2.05, 4.69) is 29.8 Å². The van der Waals surface area contributed by atoms with E-state index in [0.29, 0.717) is 23.4 Å². The topological polar surface area (TPSA) is 46.3 Å². The highest BCUT2D eigenvalue weighted by Gasteiger charge is 2.38. The van der Waals surface area contributed by atoms with Crippen LogP contribution < -0.4 is 5.73 Å². The summed E-state index contributed by atoms with van der Waals surface area (Å²) in [6, 6.07) is 4.45. The fraction of sp³-hybridized carbons (Fsp3) is 0.500. The largest absolute Gasteiger partial charge is 0.334 e. The molecule has 0 saturated carbocycles. The smallest absolute Gasteiger partial charge is 0.224 e. The van der Waals surface area contributed by atoms with Gasteiger partial charge in [0.25, 0.3) is 0 Å². The molecule has 1 aliphatic heterocycles. The maximum atomic E-state index is 13.7. The molecular weight excluding hydrogens is 311 g/mol. The Labute approximate surface area is 121 Å². The molecule has 1 saturated heterocycles. The van der Waals surface area contributed by atoms with Crippen LogP contribution in [0.25, 0.3) is 0 Å². The van der Waals surface area contributed by atoms with Crippen molar-refractivity contribution in [2.24, 2.45) is 11.7 Å². The van der Waals surface area contributed by atoms with E-state index < -0.39 is 0 Å². The molecule has 5 heteroatoms. The van der Waals surface area contributed by atoms with Crippen LogP contribution in [0.3, 0.4) is 0 Å². The number of benzene rings is 1. The van der Waals surface area contributed by atoms with Gasteiger partial charge in [-0.1, -0.05) is 19.9 Å². The molecule has 1 amide bonds. The minimum Gasteiger partial charge on any atom is -0.334 e. The van der Waals surface area contributed by atoms with E-state index in [1.54, 1.807) is 11.0 Å². The highest BCUT2D eigenvalue weighted by atomic mass is 79.9. The highest BCUT2D eigenvalue weighted by Crippen LogP contribution is 2.34. The number of hydrogen-bond acceptors (Lipinski definition) is 2. The van der Waals surface area contributed by atoms with Crippen LogP contribution in [-0.2, 0) is 4.79 Å². The van der Waals surface area contributed by atoms with Crippen molar-refractivity contribution in [2.45, 2.75) is 32.4 Å². The second kappa shape index (κ2) is 5.59. The predicted octanol–water partition coefficient (Wildman–Crippen LogP) is 2.84. The molecule has 0 spiro atoms. The Hall–Kier alpha value is -0.940. The summed E-state index contributed by atoms with van der Waals surface area (Å²) < 4.78 is 14.1. The molecule has 1 aliphatic rings. The normalized spacial score (nSPS) is 23.5. The van der Waals surface area contributed by atoms with Crippen molar-refractivity contribution in [1.82, 2.24) is 4.90 Å². The Kier molecular flexibility index (Phi) is 4.26. The van der Waals surface area contributed by atoms with E-state index in [4.69, 9.17) is 5.73 Å². The number of likely N-dealkylation sites (tertiary alicyclic amines) is 1. The van der Waals surface area contributed by atoms with E-state index in [0.717, 1.165) is 5.56 Å². The number of amides is 1. The maximum Gasteiger partial charge on any atom is 0.224 e. The highest BCUT2D eigenvalue weighted by molar-refractivity contribution is 9.10. The van der Waals surface area contributed by atoms with Gasteiger partial charge in [-0.25, -0.2) is 4.39 Å². The van der Waals surface area contributed by atoms with Crippen LogP contribution in [0.5, 0.6) is 0 Å². The van der Waals surface area contributed by atoms with Crippen molar-refractivity contribution in [3.63, 3.8) is 0 Å². The number of nitrogens with zero attached hydrogens (tertiary/aromatic N) is 1. The van der Waals surface area contributed by atoms with Gasteiger partial charge in [0.05, 0.1) is 10.5 Å². The molecule has 0 aromatic heterocycles. The van der Waals surface area contributed by atoms with Crippen molar-refractivity contribution < 1.29 is 9.18 Å². The summed E-state index contributed by atoms with van der Waals surface area (Å²) in [5, 5.41) is 0. The zero-order valence-corrected chi connectivity index (χ0v) is 12.7. The average Bonchev–Trinajstić information content (AvgIpc) is 2.57. The Morgan fingerprint density at radius 1 is 1.53 bits per heavy atom. The monoisotopic (exact) mass is 328 g/mol. The van der Waals surface area contributed by atoms with Gasteiger partial charge in [-0.3, -0.25) is 4.79 Å². The molecule has 2 atom stereocenters. The molecule has 1 aromatic carbocycles. The van der Waals surface area contributed by atoms with Crippen LogP contribution in [0.2, 0.25) is 0 Å². The van der Waals surface area contributed by atoms with Crippen molar-refractivity contribution in [1.29, 1.82) is 0 Å². The molecule has 2 unspecified atom stereocenters. The van der Waals surface area contributed by atoms with Gasteiger partial charge in [-0.05, 0) is 39.5 Å². The van der Waals surface area contributed by atoms with Crippen LogP contribution in [0, 0.1) is 11.7 Å². The minimum absolute atomic E-state index is 0.0505. The third-order valence-corrected chi connectivity index (χ3v) is 3.96. The van der Waals surface area contributed by atoms with E-state index in [1.807, 2.05) is 6.07 Å². The number of nitrogens with two attached hydrogens (primary N) is 1. The zero-order valence-electron chi connectivity index (χ0n) is 11.1. The Morgan fingerprint density at radius 2 is 2.21 bits per heavy atom. The molecule has 0 radical (unpaired) electrons. The average molecular weight is 329 g/mol. The van der Waals surface area contributed by atoms with Crippen molar-refractivity contribution in [3.05, 3.63) is 34.1 Å². The lowest BCUT2D eigenvalue weighted by Gasteiger charge is -2.28. The molecule has 0 aliphatic carbocycles. The Morgan fingerprint density at radius 3 is 2.79 bits per heavy atom. The fourth-order valence-electron chi connectivity index (χ4n) is 2.55. The lowest BCUT2D eigenvalue weighted by atomic mass is 10.00. The predicted molar refractivity (Wildman–Crippen MR) is 76.0 cm³/mol. The Balaban J connectivity index is 2.33. The lowest BCUT2D eigenvalue weighted by molar-refractivity contribution is -0.129. The second-order valence-electron chi connectivity index (χ2n) is 5.43. The summed E-state index contributed by atoms with van der Waals surface area (Å²) in [7, 11) is 0. The number of rotatable bonds is 3. The van der Waals surface area contributed by atoms with Crippen molar-refractivity contribution in [2.75, 3.05) is 6.54 Å². The maximum absolute atomic E-state index is 13.7. The van der Waals surface area contributed by atoms with Crippen LogP contribution in [0.15, 0.2) is 22.7 Å². The molecule has 2 rings (SSSR count).